The van der Waals surface area contributed by atoms with E-state index in [1.807, 2.05) is 52.0 Å². The van der Waals surface area contributed by atoms with Gasteiger partial charge >= 0.3 is 0 Å². The second-order valence-corrected chi connectivity index (χ2v) is 6.75. The molecule has 0 aromatic heterocycles. The number of ether oxygens (including phenoxy) is 2. The molecule has 2 nitrogen and oxygen atoms in total. The summed E-state index contributed by atoms with van der Waals surface area (Å²) in [5.41, 5.74) is 0.766. The summed E-state index contributed by atoms with van der Waals surface area (Å²) in [5, 5.41) is 0. The van der Waals surface area contributed by atoms with Crippen LogP contribution in [0.4, 0.5) is 8.78 Å². The Bertz CT molecular complexity index is 685. The smallest absolute Gasteiger partial charge is 0.132 e. The monoisotopic (exact) mass is 348 g/mol. The molecule has 0 bridgehead atoms. The fourth-order valence-electron chi connectivity index (χ4n) is 2.54. The molecule has 0 amide bonds. The van der Waals surface area contributed by atoms with Crippen LogP contribution in [-0.4, -0.2) is 13.2 Å². The molecule has 0 heterocycles. The van der Waals surface area contributed by atoms with Gasteiger partial charge in [-0.15, -0.1) is 0 Å². The van der Waals surface area contributed by atoms with Gasteiger partial charge in [-0.3, -0.25) is 0 Å². The molecule has 0 saturated heterocycles. The second-order valence-electron chi connectivity index (χ2n) is 6.75. The highest BCUT2D eigenvalue weighted by atomic mass is 19.1. The standard InChI is InChI=1S/C21H26F2O2/c1-5-21(4,19-11-8-17(22)12-20(19)23)25-14-16(3)13-24-18-9-6-15(2)7-10-18/h6-12,16H,5,13-14H2,1-4H3. The Balaban J connectivity index is 1.93. The van der Waals surface area contributed by atoms with E-state index in [0.717, 1.165) is 11.8 Å². The zero-order valence-corrected chi connectivity index (χ0v) is 15.3. The molecule has 0 saturated carbocycles. The average molecular weight is 348 g/mol. The fraction of sp³-hybridized carbons (Fsp3) is 0.429. The lowest BCUT2D eigenvalue weighted by molar-refractivity contribution is -0.0602. The zero-order valence-electron chi connectivity index (χ0n) is 15.3. The van der Waals surface area contributed by atoms with Crippen LogP contribution in [0.3, 0.4) is 0 Å². The normalized spacial score (nSPS) is 14.8. The van der Waals surface area contributed by atoms with Crippen LogP contribution in [0.25, 0.3) is 0 Å². The maximum Gasteiger partial charge on any atom is 0.132 e. The summed E-state index contributed by atoms with van der Waals surface area (Å²) in [7, 11) is 0. The quantitative estimate of drug-likeness (QED) is 0.615. The summed E-state index contributed by atoms with van der Waals surface area (Å²) in [6, 6.07) is 11.5. The summed E-state index contributed by atoms with van der Waals surface area (Å²) in [5.74, 6) is -0.205. The Morgan fingerprint density at radius 2 is 1.72 bits per heavy atom. The van der Waals surface area contributed by atoms with Crippen molar-refractivity contribution in [2.75, 3.05) is 13.2 Å². The minimum absolute atomic E-state index is 0.135. The topological polar surface area (TPSA) is 18.5 Å². The minimum Gasteiger partial charge on any atom is -0.493 e. The minimum atomic E-state index is -0.796. The van der Waals surface area contributed by atoms with Crippen molar-refractivity contribution in [3.8, 4) is 5.75 Å². The van der Waals surface area contributed by atoms with Crippen LogP contribution in [0, 0.1) is 24.5 Å². The van der Waals surface area contributed by atoms with E-state index in [1.165, 1.54) is 17.7 Å². The van der Waals surface area contributed by atoms with Gasteiger partial charge in [-0.05, 0) is 38.5 Å². The third-order valence-electron chi connectivity index (χ3n) is 4.42. The van der Waals surface area contributed by atoms with E-state index in [2.05, 4.69) is 0 Å². The van der Waals surface area contributed by atoms with E-state index in [-0.39, 0.29) is 5.92 Å². The fourth-order valence-corrected chi connectivity index (χ4v) is 2.54. The highest BCUT2D eigenvalue weighted by Gasteiger charge is 2.29. The van der Waals surface area contributed by atoms with Gasteiger partial charge in [-0.1, -0.05) is 37.6 Å². The molecule has 0 aliphatic carbocycles. The number of aryl methyl sites for hydroxylation is 1. The molecule has 0 fully saturated rings. The summed E-state index contributed by atoms with van der Waals surface area (Å²) in [6.45, 7) is 8.74. The summed E-state index contributed by atoms with van der Waals surface area (Å²) in [4.78, 5) is 0. The molecule has 0 N–H and O–H groups in total. The number of rotatable bonds is 8. The predicted octanol–water partition coefficient (Wildman–Crippen LogP) is 5.63. The summed E-state index contributed by atoms with van der Waals surface area (Å²) >= 11 is 0. The Morgan fingerprint density at radius 3 is 2.32 bits per heavy atom. The molecule has 25 heavy (non-hydrogen) atoms. The van der Waals surface area contributed by atoms with Crippen molar-refractivity contribution >= 4 is 0 Å². The van der Waals surface area contributed by atoms with E-state index in [0.29, 0.717) is 25.2 Å². The molecule has 4 heteroatoms. The third-order valence-corrected chi connectivity index (χ3v) is 4.42. The molecule has 2 unspecified atom stereocenters. The first-order valence-electron chi connectivity index (χ1n) is 8.63. The highest BCUT2D eigenvalue weighted by molar-refractivity contribution is 5.26. The van der Waals surface area contributed by atoms with Crippen LogP contribution < -0.4 is 4.74 Å². The molecular weight excluding hydrogens is 322 g/mol. The largest absolute Gasteiger partial charge is 0.493 e. The van der Waals surface area contributed by atoms with Crippen molar-refractivity contribution in [1.82, 2.24) is 0 Å². The van der Waals surface area contributed by atoms with Crippen LogP contribution in [0.5, 0.6) is 5.75 Å². The van der Waals surface area contributed by atoms with E-state index in [4.69, 9.17) is 9.47 Å². The van der Waals surface area contributed by atoms with Crippen LogP contribution in [0.2, 0.25) is 0 Å². The van der Waals surface area contributed by atoms with Crippen molar-refractivity contribution in [3.05, 3.63) is 65.2 Å². The van der Waals surface area contributed by atoms with Crippen LogP contribution in [0.1, 0.15) is 38.3 Å². The van der Waals surface area contributed by atoms with Gasteiger partial charge in [0.25, 0.3) is 0 Å². The first-order chi connectivity index (χ1) is 11.8. The van der Waals surface area contributed by atoms with Gasteiger partial charge in [0, 0.05) is 17.5 Å². The summed E-state index contributed by atoms with van der Waals surface area (Å²) in [6.07, 6.45) is 0.584. The molecule has 0 spiro atoms. The molecule has 2 atom stereocenters. The van der Waals surface area contributed by atoms with E-state index >= 15 is 0 Å². The van der Waals surface area contributed by atoms with E-state index in [1.54, 1.807) is 0 Å². The molecule has 2 rings (SSSR count). The Morgan fingerprint density at radius 1 is 1.04 bits per heavy atom. The predicted molar refractivity (Wildman–Crippen MR) is 95.8 cm³/mol. The maximum atomic E-state index is 14.1. The van der Waals surface area contributed by atoms with Gasteiger partial charge in [0.05, 0.1) is 18.8 Å². The molecule has 0 aliphatic rings. The maximum absolute atomic E-state index is 14.1. The van der Waals surface area contributed by atoms with Crippen LogP contribution in [-0.2, 0) is 10.3 Å². The van der Waals surface area contributed by atoms with Crippen LogP contribution in [0.15, 0.2) is 42.5 Å². The lowest BCUT2D eigenvalue weighted by atomic mass is 9.92. The second kappa shape index (κ2) is 8.43. The Labute approximate surface area is 148 Å². The van der Waals surface area contributed by atoms with E-state index < -0.39 is 17.2 Å². The van der Waals surface area contributed by atoms with Gasteiger partial charge in [0.2, 0.25) is 0 Å². The van der Waals surface area contributed by atoms with Crippen LogP contribution >= 0.6 is 0 Å². The van der Waals surface area contributed by atoms with Gasteiger partial charge in [0.1, 0.15) is 17.4 Å². The van der Waals surface area contributed by atoms with Gasteiger partial charge in [0.15, 0.2) is 0 Å². The molecule has 0 aliphatic heterocycles. The van der Waals surface area contributed by atoms with Gasteiger partial charge < -0.3 is 9.47 Å². The van der Waals surface area contributed by atoms with Gasteiger partial charge in [-0.2, -0.15) is 0 Å². The highest BCUT2D eigenvalue weighted by Crippen LogP contribution is 2.32. The molecule has 2 aromatic carbocycles. The molecule has 0 radical (unpaired) electrons. The van der Waals surface area contributed by atoms with Crippen molar-refractivity contribution in [1.29, 1.82) is 0 Å². The van der Waals surface area contributed by atoms with Crippen molar-refractivity contribution in [2.24, 2.45) is 5.92 Å². The first kappa shape index (κ1) is 19.4. The Hall–Kier alpha value is -1.94. The molecular formula is C21H26F2O2. The molecule has 136 valence electrons. The first-order valence-corrected chi connectivity index (χ1v) is 8.63. The molecule has 2 aromatic rings. The SMILES string of the molecule is CCC(C)(OCC(C)COc1ccc(C)cc1)c1ccc(F)cc1F. The lowest BCUT2D eigenvalue weighted by Crippen LogP contribution is -2.30. The van der Waals surface area contributed by atoms with Crippen molar-refractivity contribution in [2.45, 2.75) is 39.7 Å². The third kappa shape index (κ3) is 5.27. The van der Waals surface area contributed by atoms with Gasteiger partial charge in [-0.25, -0.2) is 8.78 Å². The van der Waals surface area contributed by atoms with Crippen molar-refractivity contribution in [3.63, 3.8) is 0 Å². The average Bonchev–Trinajstić information content (AvgIpc) is 2.59. The number of halogens is 2. The number of hydrogen-bond donors (Lipinski definition) is 0. The summed E-state index contributed by atoms with van der Waals surface area (Å²) < 4.78 is 39.0. The number of benzene rings is 2. The Kier molecular flexibility index (Phi) is 6.54. The lowest BCUT2D eigenvalue weighted by Gasteiger charge is -2.31. The zero-order chi connectivity index (χ0) is 18.4. The van der Waals surface area contributed by atoms with E-state index in [9.17, 15) is 8.78 Å². The number of hydrogen-bond acceptors (Lipinski definition) is 2. The van der Waals surface area contributed by atoms with Crippen molar-refractivity contribution < 1.29 is 18.3 Å².